The van der Waals surface area contributed by atoms with Crippen molar-refractivity contribution in [3.05, 3.63) is 51.9 Å². The maximum Gasteiger partial charge on any atom is 0.191 e. The third kappa shape index (κ3) is 3.91. The number of rotatable bonds is 5. The monoisotopic (exact) mass is 345 g/mol. The lowest BCUT2D eigenvalue weighted by Crippen LogP contribution is -2.37. The first-order valence-electron chi connectivity index (χ1n) is 7.77. The molecule has 0 radical (unpaired) electrons. The van der Waals surface area contributed by atoms with Crippen molar-refractivity contribution in [3.63, 3.8) is 0 Å². The highest BCUT2D eigenvalue weighted by Gasteiger charge is 2.05. The molecule has 0 bridgehead atoms. The molecule has 0 aliphatic rings. The Labute approximate surface area is 144 Å². The second kappa shape index (κ2) is 7.44. The summed E-state index contributed by atoms with van der Waals surface area (Å²) in [6, 6.07) is 4.82. The van der Waals surface area contributed by atoms with Crippen molar-refractivity contribution in [1.82, 2.24) is 20.6 Å². The van der Waals surface area contributed by atoms with Crippen LogP contribution in [0.15, 0.2) is 35.6 Å². The van der Waals surface area contributed by atoms with E-state index in [4.69, 9.17) is 0 Å². The van der Waals surface area contributed by atoms with Gasteiger partial charge < -0.3 is 15.6 Å². The molecular weight excluding hydrogens is 325 g/mol. The Hall–Kier alpha value is -2.41. The number of aromatic amines is 1. The van der Waals surface area contributed by atoms with E-state index < -0.39 is 0 Å². The highest BCUT2D eigenvalue weighted by atomic mass is 32.1. The third-order valence-corrected chi connectivity index (χ3v) is 4.65. The van der Waals surface area contributed by atoms with Gasteiger partial charge in [0.25, 0.3) is 0 Å². The van der Waals surface area contributed by atoms with Gasteiger partial charge in [-0.1, -0.05) is 0 Å². The van der Waals surface area contributed by atoms with Gasteiger partial charge in [-0.25, -0.2) is 9.37 Å². The lowest BCUT2D eigenvalue weighted by atomic mass is 10.1. The Morgan fingerprint density at radius 3 is 3.00 bits per heavy atom. The van der Waals surface area contributed by atoms with Crippen molar-refractivity contribution < 1.29 is 4.39 Å². The van der Waals surface area contributed by atoms with Crippen LogP contribution in [0, 0.1) is 12.7 Å². The topological polar surface area (TPSA) is 65.1 Å². The van der Waals surface area contributed by atoms with E-state index in [1.165, 1.54) is 17.0 Å². The van der Waals surface area contributed by atoms with Crippen molar-refractivity contribution >= 4 is 28.2 Å². The van der Waals surface area contributed by atoms with Crippen LogP contribution in [-0.4, -0.2) is 29.5 Å². The van der Waals surface area contributed by atoms with Crippen LogP contribution >= 0.6 is 11.3 Å². The molecule has 7 heteroatoms. The summed E-state index contributed by atoms with van der Waals surface area (Å²) in [6.07, 6.45) is 4.64. The van der Waals surface area contributed by atoms with Gasteiger partial charge in [0.15, 0.2) is 5.96 Å². The molecule has 0 unspecified atom stereocenters. The number of H-pyrrole nitrogens is 1. The molecule has 5 nitrogen and oxygen atoms in total. The summed E-state index contributed by atoms with van der Waals surface area (Å²) in [5.74, 6) is 0.531. The quantitative estimate of drug-likeness (QED) is 0.492. The molecule has 0 atom stereocenters. The highest BCUT2D eigenvalue weighted by molar-refractivity contribution is 7.11. The number of halogens is 1. The van der Waals surface area contributed by atoms with Crippen LogP contribution in [0.25, 0.3) is 10.9 Å². The first-order chi connectivity index (χ1) is 11.7. The Kier molecular flexibility index (Phi) is 5.10. The van der Waals surface area contributed by atoms with Crippen molar-refractivity contribution in [2.24, 2.45) is 4.99 Å². The minimum Gasteiger partial charge on any atom is -0.361 e. The minimum absolute atomic E-state index is 0.225. The smallest absolute Gasteiger partial charge is 0.191 e. The van der Waals surface area contributed by atoms with Gasteiger partial charge in [0.2, 0.25) is 0 Å². The molecular formula is C17H20FN5S. The lowest BCUT2D eigenvalue weighted by Gasteiger charge is -2.10. The van der Waals surface area contributed by atoms with Gasteiger partial charge in [-0.2, -0.15) is 0 Å². The fraction of sp³-hybridized carbons (Fsp3) is 0.294. The fourth-order valence-electron chi connectivity index (χ4n) is 2.56. The Bertz CT molecular complexity index is 852. The minimum atomic E-state index is -0.225. The van der Waals surface area contributed by atoms with Crippen LogP contribution in [0.1, 0.15) is 15.4 Å². The molecule has 126 valence electrons. The summed E-state index contributed by atoms with van der Waals surface area (Å²) in [7, 11) is 1.75. The number of fused-ring (bicyclic) bond motifs is 1. The summed E-state index contributed by atoms with van der Waals surface area (Å²) < 4.78 is 13.2. The number of thiazole rings is 1. The second-order valence-corrected chi connectivity index (χ2v) is 6.77. The summed E-state index contributed by atoms with van der Waals surface area (Å²) in [6.45, 7) is 3.44. The molecule has 24 heavy (non-hydrogen) atoms. The molecule has 0 saturated heterocycles. The third-order valence-electron chi connectivity index (χ3n) is 3.74. The first-order valence-corrected chi connectivity index (χ1v) is 8.58. The number of guanidine groups is 1. The Morgan fingerprint density at radius 2 is 2.25 bits per heavy atom. The highest BCUT2D eigenvalue weighted by Crippen LogP contribution is 2.19. The zero-order valence-electron chi connectivity index (χ0n) is 13.7. The summed E-state index contributed by atoms with van der Waals surface area (Å²) in [5, 5.41) is 8.69. The van der Waals surface area contributed by atoms with Crippen LogP contribution in [0.3, 0.4) is 0 Å². The largest absolute Gasteiger partial charge is 0.361 e. The molecule has 0 spiro atoms. The number of aromatic nitrogens is 2. The van der Waals surface area contributed by atoms with Crippen LogP contribution in [-0.2, 0) is 13.0 Å². The molecule has 2 aromatic heterocycles. The fourth-order valence-corrected chi connectivity index (χ4v) is 3.29. The average Bonchev–Trinajstić information content (AvgIpc) is 3.16. The number of nitrogens with one attached hydrogen (secondary N) is 3. The Balaban J connectivity index is 1.52. The molecule has 0 fully saturated rings. The van der Waals surface area contributed by atoms with Crippen LogP contribution < -0.4 is 10.6 Å². The standard InChI is InChI=1S/C17H20FN5S/c1-11-21-9-14(24-11)10-23-17(19-2)20-6-5-12-8-22-16-7-13(18)3-4-15(12)16/h3-4,7-9,22H,5-6,10H2,1-2H3,(H2,19,20,23). The van der Waals surface area contributed by atoms with Gasteiger partial charge in [-0.15, -0.1) is 11.3 Å². The van der Waals surface area contributed by atoms with E-state index in [1.807, 2.05) is 25.4 Å². The van der Waals surface area contributed by atoms with Gasteiger partial charge in [0.1, 0.15) is 5.82 Å². The summed E-state index contributed by atoms with van der Waals surface area (Å²) >= 11 is 1.67. The average molecular weight is 345 g/mol. The van der Waals surface area contributed by atoms with Gasteiger partial charge in [-0.3, -0.25) is 4.99 Å². The van der Waals surface area contributed by atoms with Crippen LogP contribution in [0.4, 0.5) is 4.39 Å². The molecule has 3 aromatic rings. The zero-order valence-corrected chi connectivity index (χ0v) is 14.5. The molecule has 0 amide bonds. The number of nitrogens with zero attached hydrogens (tertiary/aromatic N) is 2. The molecule has 3 rings (SSSR count). The first kappa shape index (κ1) is 16.4. The van der Waals surface area contributed by atoms with Crippen molar-refractivity contribution in [2.45, 2.75) is 19.9 Å². The van der Waals surface area contributed by atoms with E-state index in [1.54, 1.807) is 18.4 Å². The van der Waals surface area contributed by atoms with Crippen LogP contribution in [0.5, 0.6) is 0 Å². The number of aliphatic imine (C=N–C) groups is 1. The molecule has 0 aliphatic heterocycles. The molecule has 1 aromatic carbocycles. The Morgan fingerprint density at radius 1 is 1.38 bits per heavy atom. The molecule has 0 aliphatic carbocycles. The number of benzene rings is 1. The van der Waals surface area contributed by atoms with Gasteiger partial charge in [0.05, 0.1) is 11.6 Å². The van der Waals surface area contributed by atoms with Gasteiger partial charge >= 0.3 is 0 Å². The van der Waals surface area contributed by atoms with Gasteiger partial charge in [0, 0.05) is 41.8 Å². The SMILES string of the molecule is CN=C(NCCc1c[nH]c2cc(F)ccc12)NCc1cnc(C)s1. The number of hydrogen-bond acceptors (Lipinski definition) is 3. The lowest BCUT2D eigenvalue weighted by molar-refractivity contribution is 0.629. The predicted molar refractivity (Wildman–Crippen MR) is 97.0 cm³/mol. The van der Waals surface area contributed by atoms with Crippen LogP contribution in [0.2, 0.25) is 0 Å². The van der Waals surface area contributed by atoms with E-state index in [0.29, 0.717) is 6.54 Å². The van der Waals surface area contributed by atoms with E-state index in [2.05, 4.69) is 25.6 Å². The maximum atomic E-state index is 13.2. The normalized spacial score (nSPS) is 11.9. The van der Waals surface area contributed by atoms with E-state index in [-0.39, 0.29) is 5.82 Å². The maximum absolute atomic E-state index is 13.2. The van der Waals surface area contributed by atoms with E-state index >= 15 is 0 Å². The van der Waals surface area contributed by atoms with E-state index in [0.717, 1.165) is 40.4 Å². The van der Waals surface area contributed by atoms with Gasteiger partial charge in [-0.05, 0) is 37.1 Å². The second-order valence-electron chi connectivity index (χ2n) is 5.45. The summed E-state index contributed by atoms with van der Waals surface area (Å²) in [5.41, 5.74) is 1.99. The number of hydrogen-bond donors (Lipinski definition) is 3. The summed E-state index contributed by atoms with van der Waals surface area (Å²) in [4.78, 5) is 12.7. The zero-order chi connectivity index (χ0) is 16.9. The van der Waals surface area contributed by atoms with Crippen molar-refractivity contribution in [2.75, 3.05) is 13.6 Å². The molecule has 2 heterocycles. The molecule has 0 saturated carbocycles. The number of aryl methyl sites for hydroxylation is 1. The van der Waals surface area contributed by atoms with Crippen molar-refractivity contribution in [1.29, 1.82) is 0 Å². The predicted octanol–water partition coefficient (Wildman–Crippen LogP) is 2.98. The van der Waals surface area contributed by atoms with Crippen molar-refractivity contribution in [3.8, 4) is 0 Å². The molecule has 3 N–H and O–H groups in total. The van der Waals surface area contributed by atoms with E-state index in [9.17, 15) is 4.39 Å².